The fourth-order valence-corrected chi connectivity index (χ4v) is 1.81. The van der Waals surface area contributed by atoms with E-state index < -0.39 is 0 Å². The van der Waals surface area contributed by atoms with Crippen LogP contribution in [0.2, 0.25) is 0 Å². The summed E-state index contributed by atoms with van der Waals surface area (Å²) in [6.07, 6.45) is 4.83. The second-order valence-electron chi connectivity index (χ2n) is 2.31. The molecule has 1 aromatic rings. The Morgan fingerprint density at radius 3 is 2.92 bits per heavy atom. The van der Waals surface area contributed by atoms with Gasteiger partial charge in [-0.05, 0) is 18.6 Å². The van der Waals surface area contributed by atoms with Crippen LogP contribution >= 0.6 is 27.3 Å². The number of allylic oxidation sites excluding steroid dienone is 1. The van der Waals surface area contributed by atoms with Gasteiger partial charge >= 0.3 is 5.00 Å². The van der Waals surface area contributed by atoms with Gasteiger partial charge < -0.3 is 0 Å². The van der Waals surface area contributed by atoms with Crippen molar-refractivity contribution in [1.82, 2.24) is 0 Å². The molecule has 0 unspecified atom stereocenters. The molecule has 1 heterocycles. The number of thiophene rings is 1. The van der Waals surface area contributed by atoms with Gasteiger partial charge in [0.05, 0.1) is 4.92 Å². The van der Waals surface area contributed by atoms with E-state index in [2.05, 4.69) is 15.9 Å². The Bertz CT molecular complexity index is 322. The minimum Gasteiger partial charge on any atom is -0.258 e. The monoisotopic (exact) mass is 261 g/mol. The summed E-state index contributed by atoms with van der Waals surface area (Å²) in [5, 5.41) is 11.4. The molecule has 0 bridgehead atoms. The second kappa shape index (κ2) is 5.14. The first-order chi connectivity index (χ1) is 6.24. The number of alkyl halides is 1. The van der Waals surface area contributed by atoms with Crippen LogP contribution < -0.4 is 0 Å². The third-order valence-electron chi connectivity index (χ3n) is 1.35. The Labute approximate surface area is 88.4 Å². The van der Waals surface area contributed by atoms with Crippen molar-refractivity contribution in [1.29, 1.82) is 0 Å². The van der Waals surface area contributed by atoms with Gasteiger partial charge in [0.2, 0.25) is 0 Å². The molecule has 1 rings (SSSR count). The summed E-state index contributed by atoms with van der Waals surface area (Å²) in [6, 6.07) is 3.28. The first-order valence-corrected chi connectivity index (χ1v) is 5.64. The fraction of sp³-hybridized carbons (Fsp3) is 0.250. The van der Waals surface area contributed by atoms with Crippen molar-refractivity contribution in [3.8, 4) is 0 Å². The molecule has 0 aliphatic carbocycles. The normalized spacial score (nSPS) is 10.8. The summed E-state index contributed by atoms with van der Waals surface area (Å²) in [7, 11) is 0. The highest BCUT2D eigenvalue weighted by Gasteiger charge is 2.06. The number of rotatable bonds is 4. The molecule has 0 radical (unpaired) electrons. The predicted octanol–water partition coefficient (Wildman–Crippen LogP) is 3.45. The second-order valence-corrected chi connectivity index (χ2v) is 4.20. The van der Waals surface area contributed by atoms with Crippen molar-refractivity contribution in [3.05, 3.63) is 33.2 Å². The lowest BCUT2D eigenvalue weighted by Crippen LogP contribution is -1.80. The highest BCUT2D eigenvalue weighted by molar-refractivity contribution is 9.09. The molecule has 1 aromatic heterocycles. The van der Waals surface area contributed by atoms with Gasteiger partial charge in [0.25, 0.3) is 0 Å². The van der Waals surface area contributed by atoms with Crippen LogP contribution in [0.3, 0.4) is 0 Å². The summed E-state index contributed by atoms with van der Waals surface area (Å²) in [5.74, 6) is 0. The molecule has 5 heteroatoms. The van der Waals surface area contributed by atoms with Crippen LogP contribution in [-0.4, -0.2) is 10.3 Å². The van der Waals surface area contributed by atoms with Crippen LogP contribution in [0.1, 0.15) is 11.3 Å². The van der Waals surface area contributed by atoms with Crippen LogP contribution in [0.15, 0.2) is 18.2 Å². The summed E-state index contributed by atoms with van der Waals surface area (Å²) >= 11 is 4.49. The van der Waals surface area contributed by atoms with Crippen molar-refractivity contribution < 1.29 is 4.92 Å². The van der Waals surface area contributed by atoms with Gasteiger partial charge in [-0.2, -0.15) is 0 Å². The number of halogens is 1. The Morgan fingerprint density at radius 2 is 2.38 bits per heavy atom. The van der Waals surface area contributed by atoms with Crippen molar-refractivity contribution in [2.75, 3.05) is 5.33 Å². The average Bonchev–Trinajstić information content (AvgIpc) is 2.53. The first kappa shape index (κ1) is 10.4. The average molecular weight is 262 g/mol. The summed E-state index contributed by atoms with van der Waals surface area (Å²) in [4.78, 5) is 10.9. The summed E-state index contributed by atoms with van der Waals surface area (Å²) in [6.45, 7) is 0. The van der Waals surface area contributed by atoms with E-state index in [1.165, 1.54) is 17.4 Å². The maximum atomic E-state index is 10.3. The fourth-order valence-electron chi connectivity index (χ4n) is 0.792. The van der Waals surface area contributed by atoms with Crippen LogP contribution in [0.25, 0.3) is 6.08 Å². The van der Waals surface area contributed by atoms with E-state index in [1.54, 1.807) is 6.07 Å². The topological polar surface area (TPSA) is 43.1 Å². The van der Waals surface area contributed by atoms with Gasteiger partial charge in [-0.15, -0.1) is 0 Å². The molecule has 0 spiro atoms. The van der Waals surface area contributed by atoms with Gasteiger partial charge in [0.1, 0.15) is 0 Å². The predicted molar refractivity (Wildman–Crippen MR) is 58.4 cm³/mol. The molecule has 0 aromatic carbocycles. The quantitative estimate of drug-likeness (QED) is 0.473. The summed E-state index contributed by atoms with van der Waals surface area (Å²) in [5.41, 5.74) is 0. The molecule has 0 atom stereocenters. The molecule has 70 valence electrons. The Balaban J connectivity index is 2.64. The van der Waals surface area contributed by atoms with Gasteiger partial charge in [0.15, 0.2) is 0 Å². The third kappa shape index (κ3) is 3.28. The molecule has 0 aliphatic heterocycles. The van der Waals surface area contributed by atoms with Gasteiger partial charge in [0, 0.05) is 16.3 Å². The molecule has 13 heavy (non-hydrogen) atoms. The van der Waals surface area contributed by atoms with Crippen LogP contribution in [0.5, 0.6) is 0 Å². The van der Waals surface area contributed by atoms with E-state index in [9.17, 15) is 10.1 Å². The van der Waals surface area contributed by atoms with Crippen molar-refractivity contribution in [2.24, 2.45) is 0 Å². The number of hydrogen-bond acceptors (Lipinski definition) is 3. The van der Waals surface area contributed by atoms with E-state index in [0.29, 0.717) is 0 Å². The molecule has 0 fully saturated rings. The van der Waals surface area contributed by atoms with Crippen molar-refractivity contribution in [2.45, 2.75) is 6.42 Å². The lowest BCUT2D eigenvalue weighted by atomic mass is 10.3. The Kier molecular flexibility index (Phi) is 4.11. The zero-order valence-corrected chi connectivity index (χ0v) is 9.18. The van der Waals surface area contributed by atoms with Gasteiger partial charge in [-0.3, -0.25) is 10.1 Å². The molecule has 0 saturated carbocycles. The van der Waals surface area contributed by atoms with E-state index in [4.69, 9.17) is 0 Å². The van der Waals surface area contributed by atoms with Crippen LogP contribution in [-0.2, 0) is 0 Å². The Morgan fingerprint density at radius 1 is 1.62 bits per heavy atom. The number of nitrogens with zero attached hydrogens (tertiary/aromatic N) is 1. The van der Waals surface area contributed by atoms with Gasteiger partial charge in [-0.25, -0.2) is 0 Å². The van der Waals surface area contributed by atoms with E-state index >= 15 is 0 Å². The van der Waals surface area contributed by atoms with Gasteiger partial charge in [-0.1, -0.05) is 33.3 Å². The van der Waals surface area contributed by atoms with Crippen molar-refractivity contribution in [3.63, 3.8) is 0 Å². The molecule has 0 aliphatic rings. The standard InChI is InChI=1S/C8H8BrNO2S/c9-6-2-1-3-7-4-5-8(13-7)10(11)12/h1,3-5H,2,6H2. The number of nitro groups is 1. The van der Waals surface area contributed by atoms with Crippen LogP contribution in [0.4, 0.5) is 5.00 Å². The Hall–Kier alpha value is -0.680. The first-order valence-electron chi connectivity index (χ1n) is 3.71. The highest BCUT2D eigenvalue weighted by Crippen LogP contribution is 2.24. The molecular weight excluding hydrogens is 254 g/mol. The molecular formula is C8H8BrNO2S. The lowest BCUT2D eigenvalue weighted by Gasteiger charge is -1.83. The largest absolute Gasteiger partial charge is 0.324 e. The molecule has 0 saturated heterocycles. The minimum absolute atomic E-state index is 0.193. The molecule has 0 amide bonds. The lowest BCUT2D eigenvalue weighted by molar-refractivity contribution is -0.380. The third-order valence-corrected chi connectivity index (χ3v) is 2.81. The van der Waals surface area contributed by atoms with Crippen molar-refractivity contribution >= 4 is 38.3 Å². The molecule has 3 nitrogen and oxygen atoms in total. The SMILES string of the molecule is O=[N+]([O-])c1ccc(C=CCCBr)s1. The zero-order valence-electron chi connectivity index (χ0n) is 6.77. The smallest absolute Gasteiger partial charge is 0.258 e. The highest BCUT2D eigenvalue weighted by atomic mass is 79.9. The summed E-state index contributed by atoms with van der Waals surface area (Å²) < 4.78 is 0. The maximum absolute atomic E-state index is 10.3. The molecule has 0 N–H and O–H groups in total. The maximum Gasteiger partial charge on any atom is 0.324 e. The van der Waals surface area contributed by atoms with E-state index in [1.807, 2.05) is 12.2 Å². The van der Waals surface area contributed by atoms with E-state index in [0.717, 1.165) is 16.6 Å². The number of hydrogen-bond donors (Lipinski definition) is 0. The minimum atomic E-state index is -0.369. The van der Waals surface area contributed by atoms with E-state index in [-0.39, 0.29) is 9.92 Å². The van der Waals surface area contributed by atoms with Crippen LogP contribution in [0, 0.1) is 10.1 Å². The zero-order chi connectivity index (χ0) is 9.68.